The lowest BCUT2D eigenvalue weighted by Crippen LogP contribution is -2.45. The van der Waals surface area contributed by atoms with Crippen LogP contribution in [0.1, 0.15) is 24.2 Å². The fraction of sp³-hybridized carbons (Fsp3) is 0.474. The third kappa shape index (κ3) is 4.90. The summed E-state index contributed by atoms with van der Waals surface area (Å²) in [5.74, 6) is 0.830. The summed E-state index contributed by atoms with van der Waals surface area (Å²) in [4.78, 5) is 13.9. The number of hydrogen-bond acceptors (Lipinski definition) is 5. The molecule has 2 heterocycles. The average Bonchev–Trinajstić information content (AvgIpc) is 3.06. The maximum atomic E-state index is 11.6. The van der Waals surface area contributed by atoms with Crippen molar-refractivity contribution in [1.29, 1.82) is 0 Å². The molecule has 1 saturated heterocycles. The molecule has 1 aromatic carbocycles. The van der Waals surface area contributed by atoms with Crippen molar-refractivity contribution in [3.8, 4) is 11.3 Å². The smallest absolute Gasteiger partial charge is 0.246 e. The molecule has 3 rings (SSSR count). The zero-order chi connectivity index (χ0) is 17.6. The number of nitrogens with one attached hydrogen (secondary N) is 1. The SMILES string of the molecule is COCC(=O)NC1CCN(Cc2cc(-c3ccc(C)cc3)no2)CC1. The van der Waals surface area contributed by atoms with E-state index in [2.05, 4.69) is 46.6 Å². The van der Waals surface area contributed by atoms with Crippen LogP contribution < -0.4 is 5.32 Å². The molecule has 1 fully saturated rings. The van der Waals surface area contributed by atoms with Gasteiger partial charge in [0.1, 0.15) is 12.3 Å². The Bertz CT molecular complexity index is 688. The van der Waals surface area contributed by atoms with Crippen LogP contribution in [0.15, 0.2) is 34.9 Å². The number of hydrogen-bond donors (Lipinski definition) is 1. The molecule has 1 N–H and O–H groups in total. The number of piperidine rings is 1. The van der Waals surface area contributed by atoms with E-state index in [1.54, 1.807) is 0 Å². The lowest BCUT2D eigenvalue weighted by Gasteiger charge is -2.31. The van der Waals surface area contributed by atoms with Crippen molar-refractivity contribution < 1.29 is 14.1 Å². The lowest BCUT2D eigenvalue weighted by atomic mass is 10.0. The Morgan fingerprint density at radius 1 is 1.32 bits per heavy atom. The zero-order valence-electron chi connectivity index (χ0n) is 14.8. The standard InChI is InChI=1S/C19H25N3O3/c1-14-3-5-15(6-4-14)18-11-17(25-21-18)12-22-9-7-16(8-10-22)20-19(23)13-24-2/h3-6,11,16H,7-10,12-13H2,1-2H3,(H,20,23). The predicted molar refractivity (Wildman–Crippen MR) is 95.0 cm³/mol. The van der Waals surface area contributed by atoms with Crippen molar-refractivity contribution in [2.24, 2.45) is 0 Å². The number of ether oxygens (including phenoxy) is 1. The number of rotatable bonds is 6. The maximum absolute atomic E-state index is 11.6. The lowest BCUT2D eigenvalue weighted by molar-refractivity contribution is -0.125. The highest BCUT2D eigenvalue weighted by Gasteiger charge is 2.21. The fourth-order valence-corrected chi connectivity index (χ4v) is 3.10. The first-order valence-corrected chi connectivity index (χ1v) is 8.67. The third-order valence-corrected chi connectivity index (χ3v) is 4.51. The van der Waals surface area contributed by atoms with Gasteiger partial charge in [-0.2, -0.15) is 0 Å². The van der Waals surface area contributed by atoms with Crippen molar-refractivity contribution >= 4 is 5.91 Å². The van der Waals surface area contributed by atoms with Crippen molar-refractivity contribution in [2.45, 2.75) is 32.4 Å². The summed E-state index contributed by atoms with van der Waals surface area (Å²) >= 11 is 0. The van der Waals surface area contributed by atoms with E-state index in [9.17, 15) is 4.79 Å². The van der Waals surface area contributed by atoms with Gasteiger partial charge in [-0.05, 0) is 19.8 Å². The van der Waals surface area contributed by atoms with Gasteiger partial charge in [0.25, 0.3) is 0 Å². The number of nitrogens with zero attached hydrogens (tertiary/aromatic N) is 2. The van der Waals surface area contributed by atoms with Gasteiger partial charge in [0.15, 0.2) is 5.76 Å². The van der Waals surface area contributed by atoms with Gasteiger partial charge in [0.2, 0.25) is 5.91 Å². The van der Waals surface area contributed by atoms with E-state index in [0.29, 0.717) is 0 Å². The van der Waals surface area contributed by atoms with Crippen LogP contribution in [-0.2, 0) is 16.1 Å². The van der Waals surface area contributed by atoms with E-state index in [0.717, 1.165) is 49.5 Å². The first-order valence-electron chi connectivity index (χ1n) is 8.67. The van der Waals surface area contributed by atoms with Crippen molar-refractivity contribution in [3.63, 3.8) is 0 Å². The highest BCUT2D eigenvalue weighted by Crippen LogP contribution is 2.21. The Labute approximate surface area is 148 Å². The van der Waals surface area contributed by atoms with Gasteiger partial charge < -0.3 is 14.6 Å². The molecule has 134 valence electrons. The van der Waals surface area contributed by atoms with Crippen LogP contribution in [-0.4, -0.2) is 48.8 Å². The number of carbonyl (C=O) groups excluding carboxylic acids is 1. The molecule has 0 atom stereocenters. The van der Waals surface area contributed by atoms with Gasteiger partial charge in [0.05, 0.1) is 6.54 Å². The summed E-state index contributed by atoms with van der Waals surface area (Å²) in [6.45, 7) is 4.80. The fourth-order valence-electron chi connectivity index (χ4n) is 3.10. The van der Waals surface area contributed by atoms with Crippen molar-refractivity contribution in [1.82, 2.24) is 15.4 Å². The highest BCUT2D eigenvalue weighted by molar-refractivity contribution is 5.77. The second-order valence-electron chi connectivity index (χ2n) is 6.60. The number of aryl methyl sites for hydroxylation is 1. The van der Waals surface area contributed by atoms with Crippen LogP contribution >= 0.6 is 0 Å². The summed E-state index contributed by atoms with van der Waals surface area (Å²) in [6.07, 6.45) is 1.88. The molecule has 0 unspecified atom stereocenters. The number of amides is 1. The molecule has 1 aliphatic heterocycles. The molecule has 0 spiro atoms. The number of benzene rings is 1. The molecular formula is C19H25N3O3. The molecule has 0 saturated carbocycles. The molecule has 1 aliphatic rings. The molecule has 25 heavy (non-hydrogen) atoms. The average molecular weight is 343 g/mol. The second-order valence-corrected chi connectivity index (χ2v) is 6.60. The number of aromatic nitrogens is 1. The quantitative estimate of drug-likeness (QED) is 0.872. The Kier molecular flexibility index (Phi) is 5.83. The van der Waals surface area contributed by atoms with Crippen LogP contribution in [0.2, 0.25) is 0 Å². The second kappa shape index (κ2) is 8.27. The molecular weight excluding hydrogens is 318 g/mol. The molecule has 1 amide bonds. The van der Waals surface area contributed by atoms with Gasteiger partial charge in [-0.25, -0.2) is 0 Å². The van der Waals surface area contributed by atoms with Crippen LogP contribution in [0.4, 0.5) is 0 Å². The van der Waals surface area contributed by atoms with Crippen molar-refractivity contribution in [3.05, 3.63) is 41.7 Å². The summed E-state index contributed by atoms with van der Waals surface area (Å²) in [5, 5.41) is 7.19. The summed E-state index contributed by atoms with van der Waals surface area (Å²) in [7, 11) is 1.53. The van der Waals surface area contributed by atoms with E-state index < -0.39 is 0 Å². The Hall–Kier alpha value is -2.18. The van der Waals surface area contributed by atoms with Gasteiger partial charge in [-0.1, -0.05) is 35.0 Å². The van der Waals surface area contributed by atoms with E-state index >= 15 is 0 Å². The van der Waals surface area contributed by atoms with Gasteiger partial charge in [-0.15, -0.1) is 0 Å². The summed E-state index contributed by atoms with van der Waals surface area (Å²) in [6, 6.07) is 10.5. The Morgan fingerprint density at radius 2 is 2.04 bits per heavy atom. The summed E-state index contributed by atoms with van der Waals surface area (Å²) < 4.78 is 10.3. The van der Waals surface area contributed by atoms with Gasteiger partial charge in [-0.3, -0.25) is 9.69 Å². The summed E-state index contributed by atoms with van der Waals surface area (Å²) in [5.41, 5.74) is 3.17. The van der Waals surface area contributed by atoms with E-state index in [1.165, 1.54) is 12.7 Å². The molecule has 1 aromatic heterocycles. The normalized spacial score (nSPS) is 16.1. The zero-order valence-corrected chi connectivity index (χ0v) is 14.8. The topological polar surface area (TPSA) is 67.6 Å². The highest BCUT2D eigenvalue weighted by atomic mass is 16.5. The first kappa shape index (κ1) is 17.6. The minimum atomic E-state index is -0.0427. The minimum Gasteiger partial charge on any atom is -0.375 e. The minimum absolute atomic E-state index is 0.0427. The molecule has 6 heteroatoms. The van der Waals surface area contributed by atoms with E-state index in [-0.39, 0.29) is 18.6 Å². The largest absolute Gasteiger partial charge is 0.375 e. The molecule has 0 radical (unpaired) electrons. The molecule has 6 nitrogen and oxygen atoms in total. The van der Waals surface area contributed by atoms with Crippen LogP contribution in [0.5, 0.6) is 0 Å². The number of methoxy groups -OCH3 is 1. The molecule has 0 bridgehead atoms. The van der Waals surface area contributed by atoms with E-state index in [4.69, 9.17) is 9.26 Å². The molecule has 2 aromatic rings. The van der Waals surface area contributed by atoms with Crippen LogP contribution in [0.3, 0.4) is 0 Å². The van der Waals surface area contributed by atoms with E-state index in [1.807, 2.05) is 6.07 Å². The third-order valence-electron chi connectivity index (χ3n) is 4.51. The Balaban J connectivity index is 1.49. The van der Waals surface area contributed by atoms with Gasteiger partial charge in [0, 0.05) is 37.9 Å². The van der Waals surface area contributed by atoms with Crippen LogP contribution in [0.25, 0.3) is 11.3 Å². The van der Waals surface area contributed by atoms with Gasteiger partial charge >= 0.3 is 0 Å². The monoisotopic (exact) mass is 343 g/mol. The maximum Gasteiger partial charge on any atom is 0.246 e. The van der Waals surface area contributed by atoms with Crippen molar-refractivity contribution in [2.75, 3.05) is 26.8 Å². The van der Waals surface area contributed by atoms with Crippen LogP contribution in [0, 0.1) is 6.92 Å². The number of likely N-dealkylation sites (tertiary alicyclic amines) is 1. The number of carbonyl (C=O) groups is 1. The predicted octanol–water partition coefficient (Wildman–Crippen LogP) is 2.38. The molecule has 0 aliphatic carbocycles. The Morgan fingerprint density at radius 3 is 2.72 bits per heavy atom. The first-order chi connectivity index (χ1) is 12.1.